The Hall–Kier alpha value is -3.23. The van der Waals surface area contributed by atoms with Crippen molar-refractivity contribution in [1.29, 1.82) is 5.26 Å². The molecule has 0 bridgehead atoms. The van der Waals surface area contributed by atoms with E-state index in [0.717, 1.165) is 18.7 Å². The van der Waals surface area contributed by atoms with Crippen molar-refractivity contribution in [1.82, 2.24) is 10.3 Å². The molecular weight excluding hydrogens is 443 g/mol. The number of hydrogen-bond donors (Lipinski definition) is 2. The van der Waals surface area contributed by atoms with Crippen LogP contribution in [0, 0.1) is 11.3 Å². The zero-order chi connectivity index (χ0) is 23.3. The third kappa shape index (κ3) is 3.27. The fourth-order valence-corrected chi connectivity index (χ4v) is 4.69. The predicted octanol–water partition coefficient (Wildman–Crippen LogP) is 3.18. The summed E-state index contributed by atoms with van der Waals surface area (Å²) >= 11 is 5.60. The SMILES string of the molecule is CNC(=O)c1ccc(N2C(=S)N(c3cnc(C#N)c(C(F)(F)F)c3)C(O)C23CCC3)cc1. The molecule has 4 rings (SSSR count). The molecule has 2 heterocycles. The number of aliphatic hydroxyl groups is 1. The van der Waals surface area contributed by atoms with Crippen molar-refractivity contribution < 1.29 is 23.1 Å². The first-order chi connectivity index (χ1) is 15.1. The van der Waals surface area contributed by atoms with Gasteiger partial charge in [0.25, 0.3) is 5.91 Å². The second kappa shape index (κ2) is 7.72. The molecular formula is C21H18F3N5O2S. The Balaban J connectivity index is 1.76. The van der Waals surface area contributed by atoms with E-state index >= 15 is 0 Å². The van der Waals surface area contributed by atoms with Crippen LogP contribution in [0.25, 0.3) is 0 Å². The molecule has 1 aromatic heterocycles. The minimum absolute atomic E-state index is 0.0513. The van der Waals surface area contributed by atoms with Gasteiger partial charge in [0.05, 0.1) is 23.0 Å². The van der Waals surface area contributed by atoms with Gasteiger partial charge in [0.15, 0.2) is 17.0 Å². The molecule has 11 heteroatoms. The molecule has 2 fully saturated rings. The third-order valence-electron chi connectivity index (χ3n) is 5.96. The molecule has 1 unspecified atom stereocenters. The molecule has 166 valence electrons. The number of alkyl halides is 3. The number of carbonyl (C=O) groups is 1. The van der Waals surface area contributed by atoms with E-state index < -0.39 is 29.2 Å². The van der Waals surface area contributed by atoms with Gasteiger partial charge in [0, 0.05) is 18.3 Å². The number of amides is 1. The average molecular weight is 461 g/mol. The summed E-state index contributed by atoms with van der Waals surface area (Å²) in [6, 6.07) is 8.83. The normalized spacial score (nSPS) is 19.6. The van der Waals surface area contributed by atoms with E-state index in [2.05, 4.69) is 10.3 Å². The van der Waals surface area contributed by atoms with Crippen LogP contribution in [0.5, 0.6) is 0 Å². The second-order valence-electron chi connectivity index (χ2n) is 7.64. The van der Waals surface area contributed by atoms with Crippen molar-refractivity contribution in [3.63, 3.8) is 0 Å². The first kappa shape index (κ1) is 22.0. The molecule has 32 heavy (non-hydrogen) atoms. The van der Waals surface area contributed by atoms with E-state index in [0.29, 0.717) is 24.1 Å². The van der Waals surface area contributed by atoms with Gasteiger partial charge in [-0.05, 0) is 61.8 Å². The quantitative estimate of drug-likeness (QED) is 0.679. The van der Waals surface area contributed by atoms with Gasteiger partial charge in [-0.3, -0.25) is 9.69 Å². The number of aliphatic hydroxyl groups excluding tert-OH is 1. The number of pyridine rings is 1. The van der Waals surface area contributed by atoms with Crippen LogP contribution in [0.4, 0.5) is 24.5 Å². The van der Waals surface area contributed by atoms with E-state index in [-0.39, 0.29) is 16.7 Å². The standard InChI is InChI=1S/C21H18F3N5O2S/c1-26-17(30)12-3-5-13(6-4-12)29-19(32)28(18(31)20(29)7-2-8-20)14-9-15(21(22,23)24)16(10-25)27-11-14/h3-6,9,11,18,31H,2,7-8H2,1H3,(H,26,30). The van der Waals surface area contributed by atoms with Gasteiger partial charge in [-0.25, -0.2) is 4.98 Å². The largest absolute Gasteiger partial charge is 0.419 e. The van der Waals surface area contributed by atoms with Crippen LogP contribution in [0.2, 0.25) is 0 Å². The zero-order valence-electron chi connectivity index (χ0n) is 16.8. The number of carbonyl (C=O) groups excluding carboxylic acids is 1. The molecule has 1 saturated heterocycles. The lowest BCUT2D eigenvalue weighted by molar-refractivity contribution is -0.138. The number of hydrogen-bond acceptors (Lipinski definition) is 5. The van der Waals surface area contributed by atoms with Crippen molar-refractivity contribution in [2.75, 3.05) is 16.8 Å². The number of nitriles is 1. The Kier molecular flexibility index (Phi) is 5.30. The van der Waals surface area contributed by atoms with Crippen molar-refractivity contribution in [2.45, 2.75) is 37.2 Å². The summed E-state index contributed by atoms with van der Waals surface area (Å²) in [5.41, 5.74) is -1.75. The summed E-state index contributed by atoms with van der Waals surface area (Å²) in [5, 5.41) is 22.8. The smallest absolute Gasteiger partial charge is 0.371 e. The second-order valence-corrected chi connectivity index (χ2v) is 8.01. The van der Waals surface area contributed by atoms with Crippen molar-refractivity contribution >= 4 is 34.6 Å². The molecule has 1 spiro atoms. The van der Waals surface area contributed by atoms with E-state index in [4.69, 9.17) is 17.5 Å². The van der Waals surface area contributed by atoms with Gasteiger partial charge in [0.2, 0.25) is 0 Å². The van der Waals surface area contributed by atoms with Crippen LogP contribution in [0.15, 0.2) is 36.5 Å². The highest BCUT2D eigenvalue weighted by Crippen LogP contribution is 2.50. The van der Waals surface area contributed by atoms with Crippen LogP contribution >= 0.6 is 12.2 Å². The maximum Gasteiger partial charge on any atom is 0.419 e. The Morgan fingerprint density at radius 1 is 1.31 bits per heavy atom. The number of aromatic nitrogens is 1. The van der Waals surface area contributed by atoms with Crippen molar-refractivity contribution in [3.8, 4) is 6.07 Å². The Morgan fingerprint density at radius 3 is 2.47 bits per heavy atom. The number of thiocarbonyl (C=S) groups is 1. The minimum atomic E-state index is -4.79. The molecule has 2 aromatic rings. The number of halogens is 3. The van der Waals surface area contributed by atoms with Crippen LogP contribution in [-0.4, -0.2) is 39.9 Å². The summed E-state index contributed by atoms with van der Waals surface area (Å²) in [6.07, 6.45) is -2.91. The summed E-state index contributed by atoms with van der Waals surface area (Å²) in [4.78, 5) is 18.5. The lowest BCUT2D eigenvalue weighted by atomic mass is 9.74. The highest BCUT2D eigenvalue weighted by Gasteiger charge is 2.59. The fraction of sp³-hybridized carbons (Fsp3) is 0.333. The highest BCUT2D eigenvalue weighted by molar-refractivity contribution is 7.80. The molecule has 1 saturated carbocycles. The number of rotatable bonds is 3. The summed E-state index contributed by atoms with van der Waals surface area (Å²) in [5.74, 6) is -0.260. The molecule has 1 amide bonds. The van der Waals surface area contributed by atoms with Crippen LogP contribution < -0.4 is 15.1 Å². The topological polar surface area (TPSA) is 92.5 Å². The zero-order valence-corrected chi connectivity index (χ0v) is 17.7. The molecule has 1 atom stereocenters. The molecule has 0 radical (unpaired) electrons. The van der Waals surface area contributed by atoms with Crippen LogP contribution in [0.1, 0.15) is 40.9 Å². The molecule has 1 aromatic carbocycles. The van der Waals surface area contributed by atoms with E-state index in [1.165, 1.54) is 18.0 Å². The first-order valence-electron chi connectivity index (χ1n) is 9.75. The van der Waals surface area contributed by atoms with Gasteiger partial charge in [0.1, 0.15) is 6.07 Å². The van der Waals surface area contributed by atoms with Crippen molar-refractivity contribution in [2.24, 2.45) is 0 Å². The number of benzene rings is 1. The van der Waals surface area contributed by atoms with Gasteiger partial charge in [-0.1, -0.05) is 0 Å². The van der Waals surface area contributed by atoms with E-state index in [1.807, 2.05) is 0 Å². The molecule has 1 aliphatic carbocycles. The minimum Gasteiger partial charge on any atom is -0.371 e. The molecule has 2 N–H and O–H groups in total. The molecule has 7 nitrogen and oxygen atoms in total. The number of nitrogens with zero attached hydrogens (tertiary/aromatic N) is 4. The van der Waals surface area contributed by atoms with Crippen LogP contribution in [-0.2, 0) is 6.18 Å². The van der Waals surface area contributed by atoms with E-state index in [1.54, 1.807) is 29.2 Å². The first-order valence-corrected chi connectivity index (χ1v) is 10.2. The number of nitrogens with one attached hydrogen (secondary N) is 1. The maximum absolute atomic E-state index is 13.5. The van der Waals surface area contributed by atoms with Gasteiger partial charge < -0.3 is 15.3 Å². The van der Waals surface area contributed by atoms with Gasteiger partial charge in [-0.15, -0.1) is 0 Å². The Bertz CT molecular complexity index is 1130. The summed E-state index contributed by atoms with van der Waals surface area (Å²) < 4.78 is 40.4. The maximum atomic E-state index is 13.5. The monoisotopic (exact) mass is 461 g/mol. The Labute approximate surface area is 187 Å². The summed E-state index contributed by atoms with van der Waals surface area (Å²) in [6.45, 7) is 0. The highest BCUT2D eigenvalue weighted by atomic mass is 32.1. The fourth-order valence-electron chi connectivity index (χ4n) is 4.20. The third-order valence-corrected chi connectivity index (χ3v) is 6.34. The van der Waals surface area contributed by atoms with Crippen molar-refractivity contribution in [3.05, 3.63) is 53.3 Å². The Morgan fingerprint density at radius 2 is 1.97 bits per heavy atom. The summed E-state index contributed by atoms with van der Waals surface area (Å²) in [7, 11) is 1.52. The number of anilines is 2. The van der Waals surface area contributed by atoms with E-state index in [9.17, 15) is 23.1 Å². The molecule has 2 aliphatic rings. The predicted molar refractivity (Wildman–Crippen MR) is 114 cm³/mol. The van der Waals surface area contributed by atoms with Gasteiger partial charge in [-0.2, -0.15) is 18.4 Å². The lowest BCUT2D eigenvalue weighted by Gasteiger charge is -2.46. The lowest BCUT2D eigenvalue weighted by Crippen LogP contribution is -2.57. The molecule has 1 aliphatic heterocycles. The van der Waals surface area contributed by atoms with Gasteiger partial charge >= 0.3 is 6.18 Å². The van der Waals surface area contributed by atoms with Crippen LogP contribution in [0.3, 0.4) is 0 Å². The average Bonchev–Trinajstić information content (AvgIpc) is 2.99.